The molecule has 174 valence electrons. The Hall–Kier alpha value is -2.92. The van der Waals surface area contributed by atoms with Gasteiger partial charge in [-0.05, 0) is 50.1 Å². The van der Waals surface area contributed by atoms with Crippen molar-refractivity contribution in [3.8, 4) is 10.6 Å². The smallest absolute Gasteiger partial charge is 0.313 e. The molecule has 0 radical (unpaired) electrons. The SMILES string of the molecule is CC(C)N1CCc2c(sc(NC(=O)/C=C/c3ccc([N+](=O)[O-])s3)c2-c2nc3ccccc3s2)C1. The van der Waals surface area contributed by atoms with Gasteiger partial charge >= 0.3 is 5.00 Å². The highest BCUT2D eigenvalue weighted by molar-refractivity contribution is 7.23. The lowest BCUT2D eigenvalue weighted by molar-refractivity contribution is -0.380. The van der Waals surface area contributed by atoms with E-state index in [0.717, 1.165) is 56.6 Å². The van der Waals surface area contributed by atoms with E-state index < -0.39 is 4.92 Å². The number of carbonyl (C=O) groups is 1. The molecule has 1 aliphatic rings. The van der Waals surface area contributed by atoms with Crippen molar-refractivity contribution >= 4 is 66.2 Å². The molecule has 0 saturated heterocycles. The van der Waals surface area contributed by atoms with Crippen LogP contribution in [0.2, 0.25) is 0 Å². The fourth-order valence-corrected chi connectivity index (χ4v) is 7.11. The van der Waals surface area contributed by atoms with E-state index >= 15 is 0 Å². The number of thiophene rings is 2. The molecule has 0 spiro atoms. The molecule has 4 aromatic rings. The second-order valence-corrected chi connectivity index (χ2v) is 11.5. The number of anilines is 1. The summed E-state index contributed by atoms with van der Waals surface area (Å²) in [5.41, 5.74) is 3.26. The normalized spacial score (nSPS) is 14.2. The zero-order valence-corrected chi connectivity index (χ0v) is 21.1. The molecule has 0 saturated carbocycles. The van der Waals surface area contributed by atoms with Crippen molar-refractivity contribution < 1.29 is 9.72 Å². The molecule has 0 unspecified atom stereocenters. The number of carbonyl (C=O) groups excluding carboxylic acids is 1. The van der Waals surface area contributed by atoms with E-state index in [2.05, 4.69) is 30.1 Å². The summed E-state index contributed by atoms with van der Waals surface area (Å²) in [5, 5.41) is 15.7. The first-order valence-electron chi connectivity index (χ1n) is 10.9. The molecule has 5 rings (SSSR count). The lowest BCUT2D eigenvalue weighted by Crippen LogP contribution is -2.35. The Labute approximate surface area is 208 Å². The van der Waals surface area contributed by atoms with Crippen LogP contribution in [0.25, 0.3) is 26.9 Å². The van der Waals surface area contributed by atoms with Crippen LogP contribution in [-0.4, -0.2) is 33.3 Å². The first-order valence-corrected chi connectivity index (χ1v) is 13.3. The van der Waals surface area contributed by atoms with Crippen molar-refractivity contribution in [3.05, 3.63) is 67.9 Å². The fourth-order valence-electron chi connectivity index (χ4n) is 4.00. The highest BCUT2D eigenvalue weighted by Crippen LogP contribution is 2.45. The number of thiazole rings is 1. The highest BCUT2D eigenvalue weighted by Gasteiger charge is 2.28. The van der Waals surface area contributed by atoms with Crippen molar-refractivity contribution in [3.63, 3.8) is 0 Å². The Morgan fingerprint density at radius 3 is 2.76 bits per heavy atom. The Kier molecular flexibility index (Phi) is 6.30. The molecule has 3 aromatic heterocycles. The number of fused-ring (bicyclic) bond motifs is 2. The van der Waals surface area contributed by atoms with Gasteiger partial charge in [-0.15, -0.1) is 22.7 Å². The topological polar surface area (TPSA) is 88.4 Å². The summed E-state index contributed by atoms with van der Waals surface area (Å²) >= 11 is 4.30. The summed E-state index contributed by atoms with van der Waals surface area (Å²) in [6.07, 6.45) is 3.95. The second kappa shape index (κ2) is 9.38. The van der Waals surface area contributed by atoms with Gasteiger partial charge in [-0.2, -0.15) is 0 Å². The minimum absolute atomic E-state index is 0.0545. The van der Waals surface area contributed by atoms with Crippen molar-refractivity contribution in [2.45, 2.75) is 32.9 Å². The molecule has 0 aliphatic carbocycles. The van der Waals surface area contributed by atoms with E-state index in [9.17, 15) is 14.9 Å². The average Bonchev–Trinajstić information content (AvgIpc) is 3.53. The summed E-state index contributed by atoms with van der Waals surface area (Å²) in [4.78, 5) is 32.5. The van der Waals surface area contributed by atoms with Gasteiger partial charge in [0.1, 0.15) is 10.0 Å². The summed E-state index contributed by atoms with van der Waals surface area (Å²) < 4.78 is 1.12. The van der Waals surface area contributed by atoms with Crippen molar-refractivity contribution in [1.29, 1.82) is 0 Å². The minimum atomic E-state index is -0.428. The monoisotopic (exact) mass is 510 g/mol. The molecule has 7 nitrogen and oxygen atoms in total. The number of nitro groups is 1. The zero-order valence-electron chi connectivity index (χ0n) is 18.6. The molecule has 0 atom stereocenters. The van der Waals surface area contributed by atoms with Gasteiger partial charge in [0.2, 0.25) is 5.91 Å². The number of nitrogens with one attached hydrogen (secondary N) is 1. The van der Waals surface area contributed by atoms with Crippen LogP contribution in [0.1, 0.15) is 29.2 Å². The zero-order chi connectivity index (χ0) is 23.8. The molecular weight excluding hydrogens is 488 g/mol. The maximum Gasteiger partial charge on any atom is 0.324 e. The number of nitrogens with zero attached hydrogens (tertiary/aromatic N) is 3. The van der Waals surface area contributed by atoms with Crippen LogP contribution >= 0.6 is 34.0 Å². The van der Waals surface area contributed by atoms with Gasteiger partial charge in [-0.3, -0.25) is 19.8 Å². The number of benzene rings is 1. The van der Waals surface area contributed by atoms with E-state index in [0.29, 0.717) is 10.9 Å². The third-order valence-corrected chi connectivity index (χ3v) is 8.94. The Bertz CT molecular complexity index is 1380. The van der Waals surface area contributed by atoms with Crippen molar-refractivity contribution in [2.75, 3.05) is 11.9 Å². The Morgan fingerprint density at radius 2 is 2.03 bits per heavy atom. The molecule has 0 fully saturated rings. The first-order chi connectivity index (χ1) is 16.4. The largest absolute Gasteiger partial charge is 0.324 e. The fraction of sp³-hybridized carbons (Fsp3) is 0.250. The lowest BCUT2D eigenvalue weighted by Gasteiger charge is -2.30. The predicted octanol–water partition coefficient (Wildman–Crippen LogP) is 6.41. The number of hydrogen-bond acceptors (Lipinski definition) is 8. The second-order valence-electron chi connectivity index (χ2n) is 8.26. The maximum absolute atomic E-state index is 12.8. The maximum atomic E-state index is 12.8. The molecular formula is C24H22N4O3S3. The van der Waals surface area contributed by atoms with Gasteiger partial charge in [-0.25, -0.2) is 4.98 Å². The average molecular weight is 511 g/mol. The van der Waals surface area contributed by atoms with Crippen molar-refractivity contribution in [2.24, 2.45) is 0 Å². The molecule has 4 heterocycles. The van der Waals surface area contributed by atoms with Crippen LogP contribution in [0, 0.1) is 10.1 Å². The summed E-state index contributed by atoms with van der Waals surface area (Å²) in [5.74, 6) is -0.266. The molecule has 1 aliphatic heterocycles. The van der Waals surface area contributed by atoms with Gasteiger partial charge in [0, 0.05) is 46.6 Å². The Balaban J connectivity index is 1.47. The summed E-state index contributed by atoms with van der Waals surface area (Å²) in [6.45, 7) is 6.24. The number of para-hydroxylation sites is 1. The van der Waals surface area contributed by atoms with Crippen LogP contribution in [0.5, 0.6) is 0 Å². The number of amides is 1. The number of aromatic nitrogens is 1. The third kappa shape index (κ3) is 4.54. The highest BCUT2D eigenvalue weighted by atomic mass is 32.1. The van der Waals surface area contributed by atoms with Gasteiger partial charge in [0.15, 0.2) is 0 Å². The standard InChI is InChI=1S/C24H22N4O3S3/c1-14(2)27-12-11-16-19(13-27)34-24(22(16)23-25-17-5-3-4-6-18(17)33-23)26-20(29)9-7-15-8-10-21(32-15)28(30)31/h3-10,14H,11-13H2,1-2H3,(H,26,29)/b9-7+. The van der Waals surface area contributed by atoms with Gasteiger partial charge < -0.3 is 5.32 Å². The van der Waals surface area contributed by atoms with E-state index in [-0.39, 0.29) is 10.9 Å². The molecule has 1 amide bonds. The van der Waals surface area contributed by atoms with Crippen molar-refractivity contribution in [1.82, 2.24) is 9.88 Å². The predicted molar refractivity (Wildman–Crippen MR) is 141 cm³/mol. The molecule has 34 heavy (non-hydrogen) atoms. The minimum Gasteiger partial charge on any atom is -0.313 e. The molecule has 1 N–H and O–H groups in total. The van der Waals surface area contributed by atoms with E-state index in [4.69, 9.17) is 4.98 Å². The van der Waals surface area contributed by atoms with Crippen LogP contribution in [-0.2, 0) is 17.8 Å². The number of rotatable bonds is 6. The van der Waals surface area contributed by atoms with Crippen LogP contribution < -0.4 is 5.32 Å². The van der Waals surface area contributed by atoms with Gasteiger partial charge in [0.25, 0.3) is 0 Å². The van der Waals surface area contributed by atoms with E-state index in [1.165, 1.54) is 22.6 Å². The van der Waals surface area contributed by atoms with Crippen LogP contribution in [0.15, 0.2) is 42.5 Å². The van der Waals surface area contributed by atoms with E-state index in [1.54, 1.807) is 34.8 Å². The molecule has 0 bridgehead atoms. The quantitative estimate of drug-likeness (QED) is 0.184. The van der Waals surface area contributed by atoms with Crippen LogP contribution in [0.4, 0.5) is 10.0 Å². The third-order valence-electron chi connectivity index (χ3n) is 5.75. The Morgan fingerprint density at radius 1 is 1.21 bits per heavy atom. The summed E-state index contributed by atoms with van der Waals surface area (Å²) in [6, 6.07) is 11.6. The van der Waals surface area contributed by atoms with Gasteiger partial charge in [0.05, 0.1) is 15.1 Å². The lowest BCUT2D eigenvalue weighted by atomic mass is 10.0. The molecule has 10 heteroatoms. The van der Waals surface area contributed by atoms with E-state index in [1.807, 2.05) is 18.2 Å². The number of hydrogen-bond donors (Lipinski definition) is 1. The van der Waals surface area contributed by atoms with Gasteiger partial charge in [-0.1, -0.05) is 23.5 Å². The first kappa shape index (κ1) is 22.9. The molecule has 1 aromatic carbocycles. The van der Waals surface area contributed by atoms with Crippen LogP contribution in [0.3, 0.4) is 0 Å². The summed E-state index contributed by atoms with van der Waals surface area (Å²) in [7, 11) is 0.